The number of hydrogen-bond acceptors (Lipinski definition) is 4. The van der Waals surface area contributed by atoms with E-state index in [4.69, 9.17) is 9.47 Å². The number of aromatic nitrogens is 1. The molecule has 3 aliphatic heterocycles. The topological polar surface area (TPSA) is 51.7 Å². The molecule has 3 aliphatic rings. The van der Waals surface area contributed by atoms with Gasteiger partial charge in [-0.1, -0.05) is 24.3 Å². The molecule has 4 heterocycles. The molecule has 5 nitrogen and oxygen atoms in total. The highest BCUT2D eigenvalue weighted by atomic mass is 16.5. The average Bonchev–Trinajstić information content (AvgIpc) is 2.65. The summed E-state index contributed by atoms with van der Waals surface area (Å²) < 4.78 is 12.8. The molecular weight excluding hydrogens is 352 g/mol. The molecule has 2 aromatic rings. The molecule has 146 valence electrons. The number of carbonyl (C=O) groups is 1. The van der Waals surface area contributed by atoms with Crippen LogP contribution in [0, 0.1) is 18.3 Å². The van der Waals surface area contributed by atoms with Gasteiger partial charge in [-0.05, 0) is 44.9 Å². The fraction of sp³-hybridized carbons (Fsp3) is 0.478. The minimum atomic E-state index is -0.297. The highest BCUT2D eigenvalue weighted by Gasteiger charge is 2.56. The van der Waals surface area contributed by atoms with Gasteiger partial charge >= 0.3 is 0 Å². The van der Waals surface area contributed by atoms with Crippen LogP contribution < -0.4 is 4.74 Å². The summed E-state index contributed by atoms with van der Waals surface area (Å²) in [5, 5.41) is 0. The van der Waals surface area contributed by atoms with E-state index in [0.29, 0.717) is 12.3 Å². The number of para-hydroxylation sites is 1. The second-order valence-corrected chi connectivity index (χ2v) is 9.12. The summed E-state index contributed by atoms with van der Waals surface area (Å²) in [6.45, 7) is 8.38. The van der Waals surface area contributed by atoms with Gasteiger partial charge in [0.05, 0.1) is 12.7 Å². The number of pyridine rings is 1. The van der Waals surface area contributed by atoms with E-state index >= 15 is 0 Å². The lowest BCUT2D eigenvalue weighted by Gasteiger charge is -2.58. The first kappa shape index (κ1) is 17.7. The van der Waals surface area contributed by atoms with E-state index < -0.39 is 0 Å². The number of hydrogen-bond donors (Lipinski definition) is 0. The number of ether oxygens (including phenoxy) is 2. The van der Waals surface area contributed by atoms with Crippen LogP contribution in [0.25, 0.3) is 0 Å². The van der Waals surface area contributed by atoms with E-state index in [2.05, 4.69) is 24.9 Å². The number of benzene rings is 1. The van der Waals surface area contributed by atoms with Crippen LogP contribution in [0.3, 0.4) is 0 Å². The average molecular weight is 378 g/mol. The van der Waals surface area contributed by atoms with E-state index in [-0.39, 0.29) is 28.9 Å². The normalized spacial score (nSPS) is 26.6. The second kappa shape index (κ2) is 6.05. The first-order chi connectivity index (χ1) is 13.4. The fourth-order valence-corrected chi connectivity index (χ4v) is 5.09. The van der Waals surface area contributed by atoms with Crippen molar-refractivity contribution in [2.24, 2.45) is 11.3 Å². The van der Waals surface area contributed by atoms with Crippen molar-refractivity contribution in [3.63, 3.8) is 0 Å². The third-order valence-corrected chi connectivity index (χ3v) is 6.63. The van der Waals surface area contributed by atoms with E-state index in [9.17, 15) is 4.79 Å². The summed E-state index contributed by atoms with van der Waals surface area (Å²) in [4.78, 5) is 19.0. The molecular formula is C23H26N2O3. The van der Waals surface area contributed by atoms with Crippen LogP contribution >= 0.6 is 0 Å². The van der Waals surface area contributed by atoms with E-state index in [1.807, 2.05) is 42.2 Å². The molecule has 2 saturated heterocycles. The molecule has 1 spiro atoms. The van der Waals surface area contributed by atoms with Gasteiger partial charge in [0, 0.05) is 36.2 Å². The van der Waals surface area contributed by atoms with E-state index in [1.54, 1.807) is 6.20 Å². The van der Waals surface area contributed by atoms with Crippen molar-refractivity contribution in [2.75, 3.05) is 19.7 Å². The van der Waals surface area contributed by atoms with Crippen LogP contribution in [0.4, 0.5) is 0 Å². The Labute approximate surface area is 165 Å². The number of carbonyl (C=O) groups excluding carboxylic acids is 1. The van der Waals surface area contributed by atoms with Crippen LogP contribution in [0.15, 0.2) is 42.6 Å². The third kappa shape index (κ3) is 2.64. The maximum atomic E-state index is 12.8. The summed E-state index contributed by atoms with van der Waals surface area (Å²) in [5.74, 6) is 1.22. The van der Waals surface area contributed by atoms with Gasteiger partial charge in [0.2, 0.25) is 0 Å². The molecule has 1 aromatic heterocycles. The number of likely N-dealkylation sites (tertiary alicyclic amines) is 1. The minimum Gasteiger partial charge on any atom is -0.487 e. The lowest BCUT2D eigenvalue weighted by molar-refractivity contribution is -0.191. The third-order valence-electron chi connectivity index (χ3n) is 6.63. The molecule has 0 radical (unpaired) electrons. The maximum absolute atomic E-state index is 12.8. The summed E-state index contributed by atoms with van der Waals surface area (Å²) >= 11 is 0. The van der Waals surface area contributed by atoms with Crippen molar-refractivity contribution in [1.29, 1.82) is 0 Å². The van der Waals surface area contributed by atoms with Gasteiger partial charge in [0.1, 0.15) is 17.0 Å². The van der Waals surface area contributed by atoms with E-state index in [0.717, 1.165) is 36.4 Å². The zero-order valence-corrected chi connectivity index (χ0v) is 16.6. The smallest absolute Gasteiger partial charge is 0.272 e. The molecule has 5 rings (SSSR count). The Kier molecular flexibility index (Phi) is 3.82. The summed E-state index contributed by atoms with van der Waals surface area (Å²) in [7, 11) is 0. The molecule has 0 unspecified atom stereocenters. The zero-order valence-electron chi connectivity index (χ0n) is 16.6. The standard InChI is InChI=1S/C23H26N2O3/c1-15-7-6-10-24-19(15)21(26)25-12-23(13-25)11-17-20(27-14-23)16-8-4-5-9-18(16)28-22(17,2)3/h4-10,17,20H,11-14H2,1-3H3/t17-,20+/m0/s1. The first-order valence-electron chi connectivity index (χ1n) is 9.99. The van der Waals surface area contributed by atoms with E-state index in [1.165, 1.54) is 0 Å². The molecule has 0 aliphatic carbocycles. The Morgan fingerprint density at radius 2 is 1.96 bits per heavy atom. The van der Waals surface area contributed by atoms with Crippen molar-refractivity contribution < 1.29 is 14.3 Å². The van der Waals surface area contributed by atoms with Crippen LogP contribution in [0.1, 0.15) is 48.0 Å². The summed E-state index contributed by atoms with van der Waals surface area (Å²) in [6.07, 6.45) is 2.75. The Balaban J connectivity index is 1.34. The molecule has 5 heteroatoms. The maximum Gasteiger partial charge on any atom is 0.272 e. The lowest BCUT2D eigenvalue weighted by atomic mass is 9.64. The van der Waals surface area contributed by atoms with Crippen LogP contribution in [0.5, 0.6) is 5.75 Å². The highest BCUT2D eigenvalue weighted by molar-refractivity contribution is 5.94. The molecule has 0 N–H and O–H groups in total. The summed E-state index contributed by atoms with van der Waals surface area (Å²) in [5.41, 5.74) is 2.35. The Hall–Kier alpha value is -2.40. The van der Waals surface area contributed by atoms with Gasteiger partial charge in [0.15, 0.2) is 0 Å². The second-order valence-electron chi connectivity index (χ2n) is 9.12. The Bertz CT molecular complexity index is 933. The predicted molar refractivity (Wildman–Crippen MR) is 105 cm³/mol. The quantitative estimate of drug-likeness (QED) is 0.758. The van der Waals surface area contributed by atoms with Gasteiger partial charge in [-0.15, -0.1) is 0 Å². The van der Waals surface area contributed by atoms with Gasteiger partial charge in [-0.2, -0.15) is 0 Å². The van der Waals surface area contributed by atoms with Gasteiger partial charge in [-0.25, -0.2) is 0 Å². The monoisotopic (exact) mass is 378 g/mol. The van der Waals surface area contributed by atoms with Gasteiger partial charge < -0.3 is 14.4 Å². The van der Waals surface area contributed by atoms with Gasteiger partial charge in [-0.3, -0.25) is 9.78 Å². The zero-order chi connectivity index (χ0) is 19.5. The molecule has 1 aromatic carbocycles. The van der Waals surface area contributed by atoms with Crippen molar-refractivity contribution >= 4 is 5.91 Å². The van der Waals surface area contributed by atoms with Crippen molar-refractivity contribution in [3.8, 4) is 5.75 Å². The largest absolute Gasteiger partial charge is 0.487 e. The van der Waals surface area contributed by atoms with Crippen molar-refractivity contribution in [2.45, 2.75) is 38.9 Å². The number of amides is 1. The minimum absolute atomic E-state index is 0.0203. The SMILES string of the molecule is Cc1cccnc1C(=O)N1CC2(CO[C@@H]3c4ccccc4OC(C)(C)[C@H]3C2)C1. The predicted octanol–water partition coefficient (Wildman–Crippen LogP) is 3.78. The summed E-state index contributed by atoms with van der Waals surface area (Å²) in [6, 6.07) is 12.0. The van der Waals surface area contributed by atoms with Crippen molar-refractivity contribution in [3.05, 3.63) is 59.4 Å². The highest BCUT2D eigenvalue weighted by Crippen LogP contribution is 2.55. The van der Waals surface area contributed by atoms with Crippen LogP contribution in [0.2, 0.25) is 0 Å². The first-order valence-corrected chi connectivity index (χ1v) is 9.99. The molecule has 0 saturated carbocycles. The number of fused-ring (bicyclic) bond motifs is 3. The number of aryl methyl sites for hydroxylation is 1. The number of nitrogens with zero attached hydrogens (tertiary/aromatic N) is 2. The molecule has 2 fully saturated rings. The van der Waals surface area contributed by atoms with Crippen molar-refractivity contribution in [1.82, 2.24) is 9.88 Å². The Morgan fingerprint density at radius 1 is 1.18 bits per heavy atom. The molecule has 28 heavy (non-hydrogen) atoms. The number of rotatable bonds is 1. The lowest BCUT2D eigenvalue weighted by Crippen LogP contribution is -2.65. The van der Waals surface area contributed by atoms with Crippen LogP contribution in [-0.2, 0) is 4.74 Å². The van der Waals surface area contributed by atoms with Gasteiger partial charge in [0.25, 0.3) is 5.91 Å². The fourth-order valence-electron chi connectivity index (χ4n) is 5.09. The van der Waals surface area contributed by atoms with Crippen LogP contribution in [-0.4, -0.2) is 41.1 Å². The molecule has 1 amide bonds. The Morgan fingerprint density at radius 3 is 2.75 bits per heavy atom. The molecule has 2 atom stereocenters. The molecule has 0 bridgehead atoms.